The van der Waals surface area contributed by atoms with Crippen LogP contribution in [0.2, 0.25) is 0 Å². The van der Waals surface area contributed by atoms with E-state index in [0.29, 0.717) is 5.56 Å². The first-order valence-corrected chi connectivity index (χ1v) is 5.05. The lowest BCUT2D eigenvalue weighted by molar-refractivity contribution is 0.101. The smallest absolute Gasteiger partial charge is 0.161 e. The van der Waals surface area contributed by atoms with Crippen molar-refractivity contribution in [2.75, 3.05) is 19.5 Å². The maximum absolute atomic E-state index is 11.1. The predicted molar refractivity (Wildman–Crippen MR) is 63.9 cm³/mol. The number of rotatable bonds is 3. The van der Waals surface area contributed by atoms with Crippen molar-refractivity contribution >= 4 is 11.5 Å². The Morgan fingerprint density at radius 3 is 2.33 bits per heavy atom. The number of Topliss-reactive ketones (excluding diaryl/α,β-unsaturated/α-hetero) is 1. The van der Waals surface area contributed by atoms with Gasteiger partial charge < -0.3 is 10.1 Å². The Labute approximate surface area is 91.5 Å². The molecule has 0 saturated heterocycles. The number of hydrogen-bond acceptors (Lipinski definition) is 3. The van der Waals surface area contributed by atoms with E-state index < -0.39 is 0 Å². The number of benzene rings is 1. The van der Waals surface area contributed by atoms with Crippen LogP contribution in [0.15, 0.2) is 18.2 Å². The lowest BCUT2D eigenvalue weighted by Crippen LogP contribution is -2.00. The average Bonchev–Trinajstić information content (AvgIpc) is 2.30. The zero-order chi connectivity index (χ0) is 11.8. The molecule has 0 bridgehead atoms. The molecule has 1 aromatic carbocycles. The van der Waals surface area contributed by atoms with Crippen molar-refractivity contribution in [2.45, 2.75) is 20.8 Å². The van der Waals surface area contributed by atoms with E-state index >= 15 is 0 Å². The maximum atomic E-state index is 11.1. The summed E-state index contributed by atoms with van der Waals surface area (Å²) in [5, 5.41) is 2.95. The van der Waals surface area contributed by atoms with Gasteiger partial charge in [-0.05, 0) is 19.1 Å². The molecule has 0 saturated carbocycles. The third-order valence-corrected chi connectivity index (χ3v) is 1.88. The SMILES string of the molecule is CC.CNc1cc(OC)ccc1C(C)=O. The highest BCUT2D eigenvalue weighted by Gasteiger charge is 2.06. The average molecular weight is 209 g/mol. The molecule has 0 heterocycles. The van der Waals surface area contributed by atoms with Crippen molar-refractivity contribution in [3.63, 3.8) is 0 Å². The third-order valence-electron chi connectivity index (χ3n) is 1.88. The summed E-state index contributed by atoms with van der Waals surface area (Å²) in [6.45, 7) is 5.54. The first-order valence-electron chi connectivity index (χ1n) is 5.05. The lowest BCUT2D eigenvalue weighted by Gasteiger charge is -2.08. The molecule has 0 aliphatic rings. The summed E-state index contributed by atoms with van der Waals surface area (Å²) in [6, 6.07) is 5.33. The molecule has 0 aliphatic carbocycles. The van der Waals surface area contributed by atoms with E-state index in [1.54, 1.807) is 39.3 Å². The summed E-state index contributed by atoms with van der Waals surface area (Å²) < 4.78 is 5.04. The van der Waals surface area contributed by atoms with Crippen LogP contribution < -0.4 is 10.1 Å². The van der Waals surface area contributed by atoms with Gasteiger partial charge in [-0.15, -0.1) is 0 Å². The minimum absolute atomic E-state index is 0.0482. The number of nitrogens with one attached hydrogen (secondary N) is 1. The molecular weight excluding hydrogens is 190 g/mol. The molecular formula is C12H19NO2. The van der Waals surface area contributed by atoms with Crippen LogP contribution in [0.25, 0.3) is 0 Å². The van der Waals surface area contributed by atoms with Crippen molar-refractivity contribution in [1.82, 2.24) is 0 Å². The van der Waals surface area contributed by atoms with E-state index in [9.17, 15) is 4.79 Å². The fourth-order valence-corrected chi connectivity index (χ4v) is 1.16. The molecule has 3 heteroatoms. The summed E-state index contributed by atoms with van der Waals surface area (Å²) >= 11 is 0. The molecule has 0 unspecified atom stereocenters. The van der Waals surface area contributed by atoms with Gasteiger partial charge in [0.05, 0.1) is 7.11 Å². The number of carbonyl (C=O) groups is 1. The monoisotopic (exact) mass is 209 g/mol. The molecule has 0 amide bonds. The summed E-state index contributed by atoms with van der Waals surface area (Å²) in [5.74, 6) is 0.793. The van der Waals surface area contributed by atoms with Crippen LogP contribution in [0, 0.1) is 0 Å². The minimum Gasteiger partial charge on any atom is -0.497 e. The van der Waals surface area contributed by atoms with Gasteiger partial charge in [-0.2, -0.15) is 0 Å². The molecule has 0 radical (unpaired) electrons. The topological polar surface area (TPSA) is 38.3 Å². The van der Waals surface area contributed by atoms with Crippen molar-refractivity contribution in [2.24, 2.45) is 0 Å². The second-order valence-electron chi connectivity index (χ2n) is 2.72. The first kappa shape index (κ1) is 13.5. The van der Waals surface area contributed by atoms with Crippen molar-refractivity contribution in [3.05, 3.63) is 23.8 Å². The molecule has 3 nitrogen and oxygen atoms in total. The van der Waals surface area contributed by atoms with E-state index in [1.165, 1.54) is 0 Å². The van der Waals surface area contributed by atoms with Gasteiger partial charge >= 0.3 is 0 Å². The van der Waals surface area contributed by atoms with Gasteiger partial charge in [-0.1, -0.05) is 13.8 Å². The zero-order valence-electron chi connectivity index (χ0n) is 10.0. The summed E-state index contributed by atoms with van der Waals surface area (Å²) in [6.07, 6.45) is 0. The zero-order valence-corrected chi connectivity index (χ0v) is 10.0. The molecule has 0 fully saturated rings. The molecule has 1 aromatic rings. The molecule has 0 spiro atoms. The van der Waals surface area contributed by atoms with Gasteiger partial charge in [0.1, 0.15) is 5.75 Å². The van der Waals surface area contributed by atoms with Crippen LogP contribution in [0.3, 0.4) is 0 Å². The van der Waals surface area contributed by atoms with Crippen LogP contribution >= 0.6 is 0 Å². The van der Waals surface area contributed by atoms with Crippen LogP contribution in [0.5, 0.6) is 5.75 Å². The normalized spacial score (nSPS) is 8.60. The fraction of sp³-hybridized carbons (Fsp3) is 0.417. The molecule has 1 N–H and O–H groups in total. The number of ketones is 1. The van der Waals surface area contributed by atoms with Crippen LogP contribution in [0.1, 0.15) is 31.1 Å². The Kier molecular flexibility index (Phi) is 6.18. The second-order valence-corrected chi connectivity index (χ2v) is 2.72. The molecule has 84 valence electrons. The molecule has 0 aromatic heterocycles. The van der Waals surface area contributed by atoms with Crippen molar-refractivity contribution in [3.8, 4) is 5.75 Å². The Bertz CT molecular complexity index is 321. The largest absolute Gasteiger partial charge is 0.497 e. The van der Waals surface area contributed by atoms with E-state index in [4.69, 9.17) is 4.74 Å². The highest BCUT2D eigenvalue weighted by atomic mass is 16.5. The minimum atomic E-state index is 0.0482. The summed E-state index contributed by atoms with van der Waals surface area (Å²) in [5.41, 5.74) is 1.48. The third kappa shape index (κ3) is 3.62. The van der Waals surface area contributed by atoms with Crippen molar-refractivity contribution < 1.29 is 9.53 Å². The maximum Gasteiger partial charge on any atom is 0.161 e. The van der Waals surface area contributed by atoms with E-state index in [-0.39, 0.29) is 5.78 Å². The molecule has 15 heavy (non-hydrogen) atoms. The van der Waals surface area contributed by atoms with E-state index in [2.05, 4.69) is 5.32 Å². The lowest BCUT2D eigenvalue weighted by atomic mass is 10.1. The molecule has 0 atom stereocenters. The number of anilines is 1. The Morgan fingerprint density at radius 1 is 1.33 bits per heavy atom. The standard InChI is InChI=1S/C10H13NO2.C2H6/c1-7(12)9-5-4-8(13-3)6-10(9)11-2;1-2/h4-6,11H,1-3H3;1-2H3. The highest BCUT2D eigenvalue weighted by Crippen LogP contribution is 2.22. The van der Waals surface area contributed by atoms with Crippen LogP contribution in [-0.2, 0) is 0 Å². The van der Waals surface area contributed by atoms with Crippen LogP contribution in [0.4, 0.5) is 5.69 Å². The number of ether oxygens (including phenoxy) is 1. The molecule has 0 aliphatic heterocycles. The van der Waals surface area contributed by atoms with E-state index in [1.807, 2.05) is 13.8 Å². The first-order chi connectivity index (χ1) is 7.19. The number of hydrogen-bond donors (Lipinski definition) is 1. The van der Waals surface area contributed by atoms with E-state index in [0.717, 1.165) is 11.4 Å². The Hall–Kier alpha value is -1.51. The fourth-order valence-electron chi connectivity index (χ4n) is 1.16. The van der Waals surface area contributed by atoms with Gasteiger partial charge in [0.25, 0.3) is 0 Å². The van der Waals surface area contributed by atoms with Gasteiger partial charge in [-0.3, -0.25) is 4.79 Å². The Morgan fingerprint density at radius 2 is 1.93 bits per heavy atom. The van der Waals surface area contributed by atoms with Crippen LogP contribution in [-0.4, -0.2) is 19.9 Å². The van der Waals surface area contributed by atoms with Crippen molar-refractivity contribution in [1.29, 1.82) is 0 Å². The Balaban J connectivity index is 0.000000921. The summed E-state index contributed by atoms with van der Waals surface area (Å²) in [4.78, 5) is 11.1. The highest BCUT2D eigenvalue weighted by molar-refractivity contribution is 5.99. The van der Waals surface area contributed by atoms with Gasteiger partial charge in [-0.25, -0.2) is 0 Å². The van der Waals surface area contributed by atoms with Gasteiger partial charge in [0.15, 0.2) is 5.78 Å². The summed E-state index contributed by atoms with van der Waals surface area (Å²) in [7, 11) is 3.38. The van der Waals surface area contributed by atoms with Gasteiger partial charge in [0.2, 0.25) is 0 Å². The van der Waals surface area contributed by atoms with Gasteiger partial charge in [0, 0.05) is 24.4 Å². The second kappa shape index (κ2) is 6.87. The predicted octanol–water partition coefficient (Wildman–Crippen LogP) is 2.97. The number of carbonyl (C=O) groups excluding carboxylic acids is 1. The quantitative estimate of drug-likeness (QED) is 0.778. The molecule has 1 rings (SSSR count). The number of methoxy groups -OCH3 is 1.